The zero-order chi connectivity index (χ0) is 23.4. The van der Waals surface area contributed by atoms with E-state index in [0.717, 1.165) is 17.3 Å². The number of carbonyl (C=O) groups is 2. The third-order valence-corrected chi connectivity index (χ3v) is 5.45. The molecule has 1 aliphatic rings. The van der Waals surface area contributed by atoms with Gasteiger partial charge in [0.05, 0.1) is 22.6 Å². The van der Waals surface area contributed by atoms with E-state index in [1.165, 1.54) is 13.2 Å². The quantitative estimate of drug-likeness (QED) is 0.365. The van der Waals surface area contributed by atoms with E-state index in [2.05, 4.69) is 10.3 Å². The zero-order valence-electron chi connectivity index (χ0n) is 17.4. The number of aliphatic carboxylic acids is 1. The third-order valence-electron chi connectivity index (χ3n) is 4.54. The number of carbonyl (C=O) groups excluding carboxylic acids is 1. The maximum Gasteiger partial charge on any atom is 0.341 e. The van der Waals surface area contributed by atoms with Crippen LogP contribution >= 0.6 is 11.8 Å². The summed E-state index contributed by atoms with van der Waals surface area (Å²) < 4.78 is 10.4. The molecule has 0 aromatic heterocycles. The summed E-state index contributed by atoms with van der Waals surface area (Å²) in [6.45, 7) is 2.92. The number of aryl methyl sites for hydroxylation is 1. The predicted molar refractivity (Wildman–Crippen MR) is 120 cm³/mol. The number of carboxylic acid groups (broad SMARTS) is 1. The summed E-state index contributed by atoms with van der Waals surface area (Å²) in [6.07, 6.45) is 1.62. The minimum atomic E-state index is -1.11. The number of hydrogen-bond acceptors (Lipinski definition) is 8. The van der Waals surface area contributed by atoms with Crippen molar-refractivity contribution in [1.29, 1.82) is 0 Å². The van der Waals surface area contributed by atoms with Crippen molar-refractivity contribution >= 4 is 46.3 Å². The molecule has 3 rings (SSSR count). The molecule has 1 heterocycles. The molecule has 0 bridgehead atoms. The van der Waals surface area contributed by atoms with Gasteiger partial charge in [-0.05, 0) is 61.0 Å². The first-order chi connectivity index (χ1) is 15.2. The molecule has 0 radical (unpaired) electrons. The summed E-state index contributed by atoms with van der Waals surface area (Å²) in [6, 6.07) is 7.89. The van der Waals surface area contributed by atoms with Crippen molar-refractivity contribution in [2.24, 2.45) is 4.99 Å². The van der Waals surface area contributed by atoms with Crippen molar-refractivity contribution in [1.82, 2.24) is 5.32 Å². The molecule has 0 saturated carbocycles. The lowest BCUT2D eigenvalue weighted by atomic mass is 10.1. The second-order valence-corrected chi connectivity index (χ2v) is 7.77. The zero-order valence-corrected chi connectivity index (χ0v) is 18.2. The standard InChI is InChI=1S/C21H19N3O7S/c1-11-6-14(9-15(12(11)2)24(28)29)22-21-23-20(27)18(32-21)8-13-4-5-16(17(7-13)30-3)31-10-19(25)26/h4-9H,10H2,1-3H3,(H,25,26)(H,22,23,27)/b18-8-. The van der Waals surface area contributed by atoms with Crippen LogP contribution < -0.4 is 14.8 Å². The minimum absolute atomic E-state index is 0.0354. The number of nitrogens with zero attached hydrogens (tertiary/aromatic N) is 2. The number of aliphatic imine (C=N–C) groups is 1. The number of thioether (sulfide) groups is 1. The molecule has 2 aromatic carbocycles. The molecule has 32 heavy (non-hydrogen) atoms. The van der Waals surface area contributed by atoms with Gasteiger partial charge in [0.1, 0.15) is 0 Å². The number of methoxy groups -OCH3 is 1. The van der Waals surface area contributed by atoms with Gasteiger partial charge in [0.2, 0.25) is 0 Å². The first kappa shape index (κ1) is 22.8. The minimum Gasteiger partial charge on any atom is -0.493 e. The van der Waals surface area contributed by atoms with E-state index in [9.17, 15) is 19.7 Å². The number of nitro benzene ring substituents is 1. The Bertz CT molecular complexity index is 1170. The normalized spacial score (nSPS) is 15.7. The number of amidine groups is 1. The predicted octanol–water partition coefficient (Wildman–Crippen LogP) is 3.58. The molecule has 10 nitrogen and oxygen atoms in total. The molecule has 1 fully saturated rings. The van der Waals surface area contributed by atoms with Gasteiger partial charge in [-0.25, -0.2) is 9.79 Å². The summed E-state index contributed by atoms with van der Waals surface area (Å²) in [5.74, 6) is -0.894. The second kappa shape index (κ2) is 9.52. The fraction of sp³-hybridized carbons (Fsp3) is 0.190. The Labute approximate surface area is 187 Å². The topological polar surface area (TPSA) is 140 Å². The van der Waals surface area contributed by atoms with E-state index < -0.39 is 17.5 Å². The molecular weight excluding hydrogens is 438 g/mol. The molecular formula is C21H19N3O7S. The molecule has 1 saturated heterocycles. The Morgan fingerprint density at radius 1 is 1.28 bits per heavy atom. The van der Waals surface area contributed by atoms with E-state index in [1.54, 1.807) is 44.2 Å². The first-order valence-corrected chi connectivity index (χ1v) is 10.1. The lowest BCUT2D eigenvalue weighted by molar-refractivity contribution is -0.385. The van der Waals surface area contributed by atoms with Gasteiger partial charge in [-0.15, -0.1) is 0 Å². The number of carboxylic acids is 1. The Hall–Kier alpha value is -3.86. The van der Waals surface area contributed by atoms with Crippen molar-refractivity contribution in [2.75, 3.05) is 13.7 Å². The maximum absolute atomic E-state index is 12.4. The molecule has 1 amide bonds. The molecule has 2 aromatic rings. The number of ether oxygens (including phenoxy) is 2. The Morgan fingerprint density at radius 2 is 2.03 bits per heavy atom. The first-order valence-electron chi connectivity index (χ1n) is 9.25. The third kappa shape index (κ3) is 5.24. The van der Waals surface area contributed by atoms with Crippen LogP contribution in [0.3, 0.4) is 0 Å². The van der Waals surface area contributed by atoms with Gasteiger partial charge in [0.15, 0.2) is 23.3 Å². The lowest BCUT2D eigenvalue weighted by Gasteiger charge is -2.09. The van der Waals surface area contributed by atoms with Crippen LogP contribution in [0.5, 0.6) is 11.5 Å². The number of benzene rings is 2. The summed E-state index contributed by atoms with van der Waals surface area (Å²) in [5, 5.41) is 22.9. The van der Waals surface area contributed by atoms with Gasteiger partial charge in [-0.1, -0.05) is 6.07 Å². The SMILES string of the molecule is COc1cc(/C=C2\SC(=Nc3cc(C)c(C)c([N+](=O)[O-])c3)NC2=O)ccc1OCC(=O)O. The van der Waals surface area contributed by atoms with Gasteiger partial charge in [-0.3, -0.25) is 14.9 Å². The van der Waals surface area contributed by atoms with Crippen LogP contribution in [0.4, 0.5) is 11.4 Å². The molecule has 166 valence electrons. The Balaban J connectivity index is 1.84. The van der Waals surface area contributed by atoms with E-state index in [-0.39, 0.29) is 17.3 Å². The van der Waals surface area contributed by atoms with Crippen molar-refractivity contribution in [2.45, 2.75) is 13.8 Å². The molecule has 0 aliphatic carbocycles. The number of hydrogen-bond donors (Lipinski definition) is 2. The van der Waals surface area contributed by atoms with Gasteiger partial charge in [0, 0.05) is 11.6 Å². The number of nitrogens with one attached hydrogen (secondary N) is 1. The molecule has 0 unspecified atom stereocenters. The van der Waals surface area contributed by atoms with Crippen LogP contribution in [-0.2, 0) is 9.59 Å². The maximum atomic E-state index is 12.4. The van der Waals surface area contributed by atoms with Crippen molar-refractivity contribution in [3.05, 3.63) is 62.0 Å². The van der Waals surface area contributed by atoms with E-state index in [1.807, 2.05) is 0 Å². The van der Waals surface area contributed by atoms with Crippen LogP contribution in [0, 0.1) is 24.0 Å². The average molecular weight is 457 g/mol. The summed E-state index contributed by atoms with van der Waals surface area (Å²) in [4.78, 5) is 38.5. The van der Waals surface area contributed by atoms with Crippen molar-refractivity contribution in [3.63, 3.8) is 0 Å². The Kier molecular flexibility index (Phi) is 6.79. The molecule has 0 spiro atoms. The van der Waals surface area contributed by atoms with Crippen LogP contribution in [0.15, 0.2) is 40.2 Å². The van der Waals surface area contributed by atoms with Crippen molar-refractivity contribution < 1.29 is 29.1 Å². The summed E-state index contributed by atoms with van der Waals surface area (Å²) in [5.41, 5.74) is 2.25. The molecule has 2 N–H and O–H groups in total. The highest BCUT2D eigenvalue weighted by molar-refractivity contribution is 8.18. The lowest BCUT2D eigenvalue weighted by Crippen LogP contribution is -2.19. The van der Waals surface area contributed by atoms with Crippen LogP contribution in [0.25, 0.3) is 6.08 Å². The highest BCUT2D eigenvalue weighted by atomic mass is 32.2. The van der Waals surface area contributed by atoms with Gasteiger partial charge in [-0.2, -0.15) is 0 Å². The number of amides is 1. The fourth-order valence-electron chi connectivity index (χ4n) is 2.86. The summed E-state index contributed by atoms with van der Waals surface area (Å²) >= 11 is 1.10. The second-order valence-electron chi connectivity index (χ2n) is 6.74. The molecule has 11 heteroatoms. The van der Waals surface area contributed by atoms with E-state index in [4.69, 9.17) is 14.6 Å². The van der Waals surface area contributed by atoms with E-state index in [0.29, 0.717) is 32.6 Å². The number of nitro groups is 1. The number of rotatable bonds is 7. The Morgan fingerprint density at radius 3 is 2.69 bits per heavy atom. The summed E-state index contributed by atoms with van der Waals surface area (Å²) in [7, 11) is 1.42. The average Bonchev–Trinajstić information content (AvgIpc) is 3.07. The fourth-order valence-corrected chi connectivity index (χ4v) is 3.70. The van der Waals surface area contributed by atoms with Crippen LogP contribution in [0.1, 0.15) is 16.7 Å². The van der Waals surface area contributed by atoms with E-state index >= 15 is 0 Å². The molecule has 1 aliphatic heterocycles. The highest BCUT2D eigenvalue weighted by Crippen LogP contribution is 2.33. The highest BCUT2D eigenvalue weighted by Gasteiger charge is 2.24. The smallest absolute Gasteiger partial charge is 0.341 e. The van der Waals surface area contributed by atoms with Gasteiger partial charge in [0.25, 0.3) is 11.6 Å². The van der Waals surface area contributed by atoms with Crippen molar-refractivity contribution in [3.8, 4) is 11.5 Å². The van der Waals surface area contributed by atoms with Crippen LogP contribution in [0.2, 0.25) is 0 Å². The van der Waals surface area contributed by atoms with Crippen LogP contribution in [-0.4, -0.2) is 40.8 Å². The monoisotopic (exact) mass is 457 g/mol. The van der Waals surface area contributed by atoms with Gasteiger partial charge < -0.3 is 19.9 Å². The van der Waals surface area contributed by atoms with Gasteiger partial charge >= 0.3 is 5.97 Å². The molecule has 0 atom stereocenters. The largest absolute Gasteiger partial charge is 0.493 e.